The smallest absolute Gasteiger partial charge is 0.371 e. The fraction of sp³-hybridized carbons (Fsp3) is 0. The van der Waals surface area contributed by atoms with Gasteiger partial charge in [0, 0.05) is 16.5 Å². The van der Waals surface area contributed by atoms with Gasteiger partial charge in [-0.2, -0.15) is 5.10 Å². The average Bonchev–Trinajstić information content (AvgIpc) is 3.17. The number of fused-ring (bicyclic) bond motifs is 1. The van der Waals surface area contributed by atoms with Crippen LogP contribution < -0.4 is 18.9 Å². The second kappa shape index (κ2) is 6.37. The second-order valence-electron chi connectivity index (χ2n) is 4.59. The van der Waals surface area contributed by atoms with Crippen LogP contribution in [0.3, 0.4) is 0 Å². The number of para-hydroxylation sites is 1. The predicted molar refractivity (Wildman–Crippen MR) is 83.9 cm³/mol. The molecule has 0 atom stereocenters. The van der Waals surface area contributed by atoms with Gasteiger partial charge in [-0.1, -0.05) is 65.8 Å². The van der Waals surface area contributed by atoms with Gasteiger partial charge in [-0.3, -0.25) is 4.98 Å². The molecule has 0 radical (unpaired) electrons. The van der Waals surface area contributed by atoms with Crippen LogP contribution in [0, 0.1) is 6.54 Å². The van der Waals surface area contributed by atoms with Gasteiger partial charge in [0.15, 0.2) is 0 Å². The summed E-state index contributed by atoms with van der Waals surface area (Å²) in [4.78, 5) is 4.64. The Morgan fingerprint density at radius 3 is 2.59 bits per heavy atom. The van der Waals surface area contributed by atoms with Crippen molar-refractivity contribution in [3.63, 3.8) is 0 Å². The van der Waals surface area contributed by atoms with E-state index in [1.165, 1.54) is 0 Å². The van der Waals surface area contributed by atoms with E-state index >= 15 is 0 Å². The molecule has 4 rings (SSSR count). The molecule has 0 N–H and O–H groups in total. The van der Waals surface area contributed by atoms with Crippen LogP contribution in [0.5, 0.6) is 0 Å². The maximum absolute atomic E-state index is 4.64. The first kappa shape index (κ1) is 14.9. The third-order valence-electron chi connectivity index (χ3n) is 3.20. The van der Waals surface area contributed by atoms with Crippen molar-refractivity contribution in [1.82, 2.24) is 20.0 Å². The molecule has 22 heavy (non-hydrogen) atoms. The summed E-state index contributed by atoms with van der Waals surface area (Å²) in [6.07, 6.45) is 0. The van der Waals surface area contributed by atoms with Gasteiger partial charge in [-0.05, 0) is 0 Å². The molecule has 2 aromatic carbocycles. The van der Waals surface area contributed by atoms with Gasteiger partial charge < -0.3 is 4.68 Å². The summed E-state index contributed by atoms with van der Waals surface area (Å²) in [6.45, 7) is 1.91. The SMILES string of the molecule is [Li+].c1ccc(-c2csc([CH-]n3nnc4ccccc43)n2)cc1. The first-order chi connectivity index (χ1) is 10.4. The third kappa shape index (κ3) is 2.79. The fourth-order valence-electron chi connectivity index (χ4n) is 2.18. The van der Waals surface area contributed by atoms with Crippen LogP contribution in [0.15, 0.2) is 60.0 Å². The van der Waals surface area contributed by atoms with E-state index in [2.05, 4.69) is 32.8 Å². The molecule has 2 heterocycles. The molecule has 0 amide bonds. The number of aromatic nitrogens is 4. The Balaban J connectivity index is 0.00000144. The molecule has 4 aromatic rings. The number of hydrogen-bond donors (Lipinski definition) is 0. The molecule has 0 unspecified atom stereocenters. The average molecular weight is 298 g/mol. The molecule has 2 aromatic heterocycles. The minimum absolute atomic E-state index is 0. The Hall–Kier alpha value is -2.06. The van der Waals surface area contributed by atoms with Gasteiger partial charge >= 0.3 is 18.9 Å². The maximum atomic E-state index is 4.64. The topological polar surface area (TPSA) is 43.6 Å². The normalized spacial score (nSPS) is 10.4. The molecule has 102 valence electrons. The summed E-state index contributed by atoms with van der Waals surface area (Å²) in [5.41, 5.74) is 3.97. The molecule has 0 aliphatic carbocycles. The Kier molecular flexibility index (Phi) is 4.30. The summed E-state index contributed by atoms with van der Waals surface area (Å²) < 4.78 is 1.77. The molecule has 4 nitrogen and oxygen atoms in total. The van der Waals surface area contributed by atoms with E-state index in [9.17, 15) is 0 Å². The summed E-state index contributed by atoms with van der Waals surface area (Å²) in [5.74, 6) is 0. The third-order valence-corrected chi connectivity index (χ3v) is 3.98. The molecule has 0 bridgehead atoms. The molecule has 6 heteroatoms. The summed E-state index contributed by atoms with van der Waals surface area (Å²) >= 11 is 1.60. The Morgan fingerprint density at radius 1 is 0.955 bits per heavy atom. The molecule has 0 saturated carbocycles. The van der Waals surface area contributed by atoms with Crippen LogP contribution in [0.2, 0.25) is 0 Å². The van der Waals surface area contributed by atoms with Gasteiger partial charge in [-0.25, -0.2) is 0 Å². The maximum Gasteiger partial charge on any atom is 1.00 e. The molecule has 0 aliphatic rings. The molecule has 0 aliphatic heterocycles. The van der Waals surface area contributed by atoms with Gasteiger partial charge in [0.2, 0.25) is 0 Å². The Labute approximate surface area is 144 Å². The monoisotopic (exact) mass is 298 g/mol. The van der Waals surface area contributed by atoms with Gasteiger partial charge in [-0.15, -0.1) is 17.4 Å². The Morgan fingerprint density at radius 2 is 1.73 bits per heavy atom. The van der Waals surface area contributed by atoms with Crippen LogP contribution in [-0.4, -0.2) is 20.0 Å². The Bertz CT molecular complexity index is 885. The van der Waals surface area contributed by atoms with Crippen molar-refractivity contribution in [3.05, 3.63) is 71.5 Å². The zero-order chi connectivity index (χ0) is 14.1. The van der Waals surface area contributed by atoms with E-state index in [0.717, 1.165) is 27.3 Å². The van der Waals surface area contributed by atoms with E-state index in [4.69, 9.17) is 0 Å². The zero-order valence-electron chi connectivity index (χ0n) is 12.0. The number of nitrogens with zero attached hydrogens (tertiary/aromatic N) is 4. The molecule has 0 spiro atoms. The van der Waals surface area contributed by atoms with Crippen molar-refractivity contribution in [2.45, 2.75) is 0 Å². The number of hydrogen-bond acceptors (Lipinski definition) is 4. The zero-order valence-corrected chi connectivity index (χ0v) is 12.9. The quantitative estimate of drug-likeness (QED) is 0.411. The minimum Gasteiger partial charge on any atom is -0.371 e. The standard InChI is InChI=1S/C16H11N4S.Li/c1-2-6-12(7-3-1)14-11-21-16(17-14)10-20-15-9-5-4-8-13(15)18-19-20;/h1-11H;/q-1;+1. The van der Waals surface area contributed by atoms with E-state index in [1.807, 2.05) is 49.0 Å². The van der Waals surface area contributed by atoms with Crippen molar-refractivity contribution in [2.24, 2.45) is 0 Å². The molecular weight excluding hydrogens is 287 g/mol. The first-order valence-corrected chi connectivity index (χ1v) is 7.44. The van der Waals surface area contributed by atoms with Crippen LogP contribution in [0.25, 0.3) is 22.3 Å². The number of thiazole rings is 1. The first-order valence-electron chi connectivity index (χ1n) is 6.56. The van der Waals surface area contributed by atoms with E-state index < -0.39 is 0 Å². The van der Waals surface area contributed by atoms with Crippen molar-refractivity contribution in [1.29, 1.82) is 0 Å². The summed E-state index contributed by atoms with van der Waals surface area (Å²) in [5, 5.41) is 11.3. The summed E-state index contributed by atoms with van der Waals surface area (Å²) in [6, 6.07) is 18.0. The largest absolute Gasteiger partial charge is 1.00 e. The van der Waals surface area contributed by atoms with Crippen molar-refractivity contribution >= 4 is 22.4 Å². The van der Waals surface area contributed by atoms with E-state index in [0.29, 0.717) is 0 Å². The molecule has 0 saturated heterocycles. The van der Waals surface area contributed by atoms with Crippen LogP contribution in [0.1, 0.15) is 5.01 Å². The van der Waals surface area contributed by atoms with E-state index in [-0.39, 0.29) is 18.9 Å². The van der Waals surface area contributed by atoms with E-state index in [1.54, 1.807) is 16.0 Å². The fourth-order valence-corrected chi connectivity index (χ4v) is 2.91. The van der Waals surface area contributed by atoms with Gasteiger partial charge in [0.25, 0.3) is 0 Å². The van der Waals surface area contributed by atoms with Crippen LogP contribution >= 0.6 is 11.3 Å². The minimum atomic E-state index is 0. The predicted octanol–water partition coefficient (Wildman–Crippen LogP) is 0.617. The number of benzene rings is 2. The molecular formula is C16H11LiN4S. The number of rotatable bonds is 3. The molecule has 0 fully saturated rings. The van der Waals surface area contributed by atoms with Crippen molar-refractivity contribution in [3.8, 4) is 11.3 Å². The van der Waals surface area contributed by atoms with Crippen LogP contribution in [0.4, 0.5) is 0 Å². The van der Waals surface area contributed by atoms with Gasteiger partial charge in [0.1, 0.15) is 0 Å². The van der Waals surface area contributed by atoms with Crippen LogP contribution in [-0.2, 0) is 0 Å². The summed E-state index contributed by atoms with van der Waals surface area (Å²) in [7, 11) is 0. The van der Waals surface area contributed by atoms with Gasteiger partial charge in [0.05, 0.1) is 10.7 Å². The second-order valence-corrected chi connectivity index (χ2v) is 5.48. The van der Waals surface area contributed by atoms with Crippen molar-refractivity contribution in [2.75, 3.05) is 0 Å². The van der Waals surface area contributed by atoms with Crippen molar-refractivity contribution < 1.29 is 18.9 Å².